The van der Waals surface area contributed by atoms with Gasteiger partial charge in [-0.15, -0.1) is 0 Å². The van der Waals surface area contributed by atoms with E-state index in [0.717, 1.165) is 12.8 Å². The SMILES string of the molecule is COCCN(C(C)C1CC1)S(=O)(=O)c1c(C)cccc1N. The number of ether oxygens (including phenoxy) is 1. The van der Waals surface area contributed by atoms with Crippen LogP contribution in [-0.2, 0) is 14.8 Å². The molecule has 6 heteroatoms. The number of nitrogen functional groups attached to an aromatic ring is 1. The van der Waals surface area contributed by atoms with E-state index in [1.165, 1.54) is 0 Å². The molecule has 0 saturated heterocycles. The minimum absolute atomic E-state index is 0.0239. The summed E-state index contributed by atoms with van der Waals surface area (Å²) in [5, 5.41) is 0. The van der Waals surface area contributed by atoms with Gasteiger partial charge >= 0.3 is 0 Å². The average Bonchev–Trinajstić information content (AvgIpc) is 3.22. The number of aryl methyl sites for hydroxylation is 1. The second-order valence-corrected chi connectivity index (χ2v) is 7.51. The minimum atomic E-state index is -3.61. The molecule has 21 heavy (non-hydrogen) atoms. The minimum Gasteiger partial charge on any atom is -0.398 e. The van der Waals surface area contributed by atoms with Gasteiger partial charge in [-0.3, -0.25) is 0 Å². The second-order valence-electron chi connectivity index (χ2n) is 5.68. The first-order valence-corrected chi connectivity index (χ1v) is 8.69. The Morgan fingerprint density at radius 2 is 2.10 bits per heavy atom. The monoisotopic (exact) mass is 312 g/mol. The zero-order valence-corrected chi connectivity index (χ0v) is 13.7. The summed E-state index contributed by atoms with van der Waals surface area (Å²) in [6.45, 7) is 4.48. The van der Waals surface area contributed by atoms with Crippen LogP contribution in [0.25, 0.3) is 0 Å². The summed E-state index contributed by atoms with van der Waals surface area (Å²) in [7, 11) is -2.03. The van der Waals surface area contributed by atoms with E-state index < -0.39 is 10.0 Å². The number of methoxy groups -OCH3 is 1. The van der Waals surface area contributed by atoms with Gasteiger partial charge in [0.15, 0.2) is 0 Å². The molecule has 1 aromatic rings. The highest BCUT2D eigenvalue weighted by Crippen LogP contribution is 2.38. The number of nitrogens with zero attached hydrogens (tertiary/aromatic N) is 1. The smallest absolute Gasteiger partial charge is 0.245 e. The van der Waals surface area contributed by atoms with E-state index in [1.54, 1.807) is 36.5 Å². The topological polar surface area (TPSA) is 72.6 Å². The van der Waals surface area contributed by atoms with Gasteiger partial charge in [-0.2, -0.15) is 4.31 Å². The number of sulfonamides is 1. The van der Waals surface area contributed by atoms with Crippen LogP contribution in [0.5, 0.6) is 0 Å². The zero-order chi connectivity index (χ0) is 15.6. The molecular formula is C15H24N2O3S. The van der Waals surface area contributed by atoms with Crippen molar-refractivity contribution in [2.75, 3.05) is 26.0 Å². The lowest BCUT2D eigenvalue weighted by atomic mass is 10.2. The Hall–Kier alpha value is -1.11. The molecule has 0 radical (unpaired) electrons. The highest BCUT2D eigenvalue weighted by Gasteiger charge is 2.39. The van der Waals surface area contributed by atoms with Crippen LogP contribution in [0.4, 0.5) is 5.69 Å². The van der Waals surface area contributed by atoms with Crippen molar-refractivity contribution in [3.8, 4) is 0 Å². The number of hydrogen-bond acceptors (Lipinski definition) is 4. The molecule has 1 aromatic carbocycles. The lowest BCUT2D eigenvalue weighted by Crippen LogP contribution is -2.42. The Kier molecular flexibility index (Phi) is 4.91. The number of rotatable bonds is 7. The van der Waals surface area contributed by atoms with Crippen molar-refractivity contribution >= 4 is 15.7 Å². The van der Waals surface area contributed by atoms with Crippen molar-refractivity contribution in [1.29, 1.82) is 0 Å². The summed E-state index contributed by atoms with van der Waals surface area (Å²) in [5.41, 5.74) is 6.92. The zero-order valence-electron chi connectivity index (χ0n) is 12.9. The Labute approximate surface area is 127 Å². The molecule has 0 amide bonds. The Morgan fingerprint density at radius 3 is 2.62 bits per heavy atom. The van der Waals surface area contributed by atoms with Gasteiger partial charge in [-0.05, 0) is 44.2 Å². The third-order valence-electron chi connectivity index (χ3n) is 4.08. The number of anilines is 1. The largest absolute Gasteiger partial charge is 0.398 e. The Morgan fingerprint density at radius 1 is 1.43 bits per heavy atom. The summed E-state index contributed by atoms with van der Waals surface area (Å²) in [6.07, 6.45) is 2.17. The van der Waals surface area contributed by atoms with Crippen molar-refractivity contribution in [2.24, 2.45) is 5.92 Å². The predicted octanol–water partition coefficient (Wildman–Crippen LogP) is 2.01. The van der Waals surface area contributed by atoms with Gasteiger partial charge in [-0.25, -0.2) is 8.42 Å². The molecule has 118 valence electrons. The summed E-state index contributed by atoms with van der Waals surface area (Å²) >= 11 is 0. The third-order valence-corrected chi connectivity index (χ3v) is 6.29. The first kappa shape index (κ1) is 16.3. The van der Waals surface area contributed by atoms with Crippen LogP contribution in [0.3, 0.4) is 0 Å². The molecule has 1 saturated carbocycles. The van der Waals surface area contributed by atoms with E-state index in [-0.39, 0.29) is 10.9 Å². The normalized spacial score (nSPS) is 17.1. The van der Waals surface area contributed by atoms with Gasteiger partial charge in [0.1, 0.15) is 4.90 Å². The van der Waals surface area contributed by atoms with Gasteiger partial charge in [0.05, 0.1) is 12.3 Å². The van der Waals surface area contributed by atoms with Crippen LogP contribution in [0.1, 0.15) is 25.3 Å². The first-order valence-electron chi connectivity index (χ1n) is 7.25. The molecule has 1 unspecified atom stereocenters. The van der Waals surface area contributed by atoms with E-state index in [9.17, 15) is 8.42 Å². The van der Waals surface area contributed by atoms with Gasteiger partial charge in [-0.1, -0.05) is 12.1 Å². The second kappa shape index (κ2) is 6.34. The van der Waals surface area contributed by atoms with Crippen LogP contribution >= 0.6 is 0 Å². The summed E-state index contributed by atoms with van der Waals surface area (Å²) < 4.78 is 32.7. The molecule has 1 atom stereocenters. The Balaban J connectivity index is 2.41. The fraction of sp³-hybridized carbons (Fsp3) is 0.600. The number of nitrogens with two attached hydrogens (primary N) is 1. The molecule has 0 aromatic heterocycles. The maximum Gasteiger partial charge on any atom is 0.245 e. The third kappa shape index (κ3) is 3.39. The van der Waals surface area contributed by atoms with E-state index in [4.69, 9.17) is 10.5 Å². The fourth-order valence-corrected chi connectivity index (χ4v) is 4.68. The predicted molar refractivity (Wildman–Crippen MR) is 83.5 cm³/mol. The summed E-state index contributed by atoms with van der Waals surface area (Å²) in [4.78, 5) is 0.230. The molecule has 0 spiro atoms. The van der Waals surface area contributed by atoms with Gasteiger partial charge in [0, 0.05) is 19.7 Å². The van der Waals surface area contributed by atoms with E-state index >= 15 is 0 Å². The molecular weight excluding hydrogens is 288 g/mol. The molecule has 5 nitrogen and oxygen atoms in total. The van der Waals surface area contributed by atoms with Crippen molar-refractivity contribution in [3.05, 3.63) is 23.8 Å². The summed E-state index contributed by atoms with van der Waals surface area (Å²) in [6, 6.07) is 5.16. The van der Waals surface area contributed by atoms with Gasteiger partial charge < -0.3 is 10.5 Å². The molecule has 2 rings (SSSR count). The molecule has 2 N–H and O–H groups in total. The fourth-order valence-electron chi connectivity index (χ4n) is 2.68. The van der Waals surface area contributed by atoms with E-state index in [0.29, 0.717) is 30.3 Å². The molecule has 1 aliphatic rings. The van der Waals surface area contributed by atoms with E-state index in [1.807, 2.05) is 6.92 Å². The number of benzene rings is 1. The van der Waals surface area contributed by atoms with Crippen LogP contribution in [0.15, 0.2) is 23.1 Å². The van der Waals surface area contributed by atoms with Crippen LogP contribution in [0.2, 0.25) is 0 Å². The van der Waals surface area contributed by atoms with Gasteiger partial charge in [0.2, 0.25) is 10.0 Å². The molecule has 0 bridgehead atoms. The Bertz CT molecular complexity index is 577. The average molecular weight is 312 g/mol. The molecule has 1 fully saturated rings. The maximum atomic E-state index is 13.0. The maximum absolute atomic E-state index is 13.0. The van der Waals surface area contributed by atoms with Crippen molar-refractivity contribution < 1.29 is 13.2 Å². The van der Waals surface area contributed by atoms with Crippen LogP contribution in [0, 0.1) is 12.8 Å². The van der Waals surface area contributed by atoms with E-state index in [2.05, 4.69) is 0 Å². The standard InChI is InChI=1S/C15H24N2O3S/c1-11-5-4-6-14(16)15(11)21(18,19)17(9-10-20-3)12(2)13-7-8-13/h4-6,12-13H,7-10,16H2,1-3H3. The summed E-state index contributed by atoms with van der Waals surface area (Å²) in [5.74, 6) is 0.446. The van der Waals surface area contributed by atoms with Crippen molar-refractivity contribution in [3.63, 3.8) is 0 Å². The quantitative estimate of drug-likeness (QED) is 0.782. The van der Waals surface area contributed by atoms with Crippen LogP contribution < -0.4 is 5.73 Å². The highest BCUT2D eigenvalue weighted by molar-refractivity contribution is 7.89. The highest BCUT2D eigenvalue weighted by atomic mass is 32.2. The van der Waals surface area contributed by atoms with Crippen molar-refractivity contribution in [2.45, 2.75) is 37.6 Å². The first-order chi connectivity index (χ1) is 9.89. The molecule has 1 aliphatic carbocycles. The van der Waals surface area contributed by atoms with Crippen LogP contribution in [-0.4, -0.2) is 39.0 Å². The number of hydrogen-bond donors (Lipinski definition) is 1. The lowest BCUT2D eigenvalue weighted by Gasteiger charge is -2.29. The molecule has 0 aliphatic heterocycles. The lowest BCUT2D eigenvalue weighted by molar-refractivity contribution is 0.164. The molecule has 0 heterocycles. The van der Waals surface area contributed by atoms with Gasteiger partial charge in [0.25, 0.3) is 0 Å². The van der Waals surface area contributed by atoms with Crippen molar-refractivity contribution in [1.82, 2.24) is 4.31 Å².